The van der Waals surface area contributed by atoms with Crippen molar-refractivity contribution < 1.29 is 4.79 Å². The summed E-state index contributed by atoms with van der Waals surface area (Å²) in [6.07, 6.45) is 4.27. The standard InChI is InChI=1S/C25H35N3OS/c1-4-18-15-23(30-24(18)25(29)28-14-11-22(26)16-28)21-7-5-19(6-8-21)20-9-12-27(13-10-20)17(2)3/h5-8,15,17,20,22H,4,9-14,16,26H2,1-3H3/t22-/m0/s1. The predicted octanol–water partition coefficient (Wildman–Crippen LogP) is 4.74. The molecule has 1 atom stereocenters. The van der Waals surface area contributed by atoms with Crippen molar-refractivity contribution in [3.05, 3.63) is 46.3 Å². The Morgan fingerprint density at radius 1 is 1.13 bits per heavy atom. The van der Waals surface area contributed by atoms with Crippen molar-refractivity contribution >= 4 is 17.2 Å². The summed E-state index contributed by atoms with van der Waals surface area (Å²) < 4.78 is 0. The third-order valence-electron chi connectivity index (χ3n) is 6.82. The quantitative estimate of drug-likeness (QED) is 0.753. The molecule has 4 nitrogen and oxygen atoms in total. The first-order valence-corrected chi connectivity index (χ1v) is 12.3. The fourth-order valence-electron chi connectivity index (χ4n) is 4.80. The molecule has 1 aromatic carbocycles. The van der Waals surface area contributed by atoms with E-state index in [4.69, 9.17) is 5.73 Å². The Bertz CT molecular complexity index is 865. The zero-order valence-electron chi connectivity index (χ0n) is 18.6. The van der Waals surface area contributed by atoms with Gasteiger partial charge >= 0.3 is 0 Å². The molecule has 2 aliphatic rings. The average Bonchev–Trinajstić information content (AvgIpc) is 3.40. The highest BCUT2D eigenvalue weighted by molar-refractivity contribution is 7.17. The number of benzene rings is 1. The van der Waals surface area contributed by atoms with Crippen molar-refractivity contribution in [1.29, 1.82) is 0 Å². The van der Waals surface area contributed by atoms with Gasteiger partial charge in [-0.1, -0.05) is 31.2 Å². The minimum atomic E-state index is 0.124. The Hall–Kier alpha value is -1.69. The first kappa shape index (κ1) is 21.5. The molecule has 2 aromatic rings. The Kier molecular flexibility index (Phi) is 6.61. The van der Waals surface area contributed by atoms with Crippen LogP contribution in [0.25, 0.3) is 10.4 Å². The summed E-state index contributed by atoms with van der Waals surface area (Å²) in [6.45, 7) is 10.6. The van der Waals surface area contributed by atoms with Crippen molar-refractivity contribution in [2.45, 2.75) is 64.5 Å². The lowest BCUT2D eigenvalue weighted by molar-refractivity contribution is 0.0794. The summed E-state index contributed by atoms with van der Waals surface area (Å²) >= 11 is 1.64. The molecule has 0 unspecified atom stereocenters. The van der Waals surface area contributed by atoms with E-state index in [-0.39, 0.29) is 11.9 Å². The monoisotopic (exact) mass is 425 g/mol. The van der Waals surface area contributed by atoms with E-state index in [1.165, 1.54) is 41.9 Å². The van der Waals surface area contributed by atoms with Crippen molar-refractivity contribution in [1.82, 2.24) is 9.80 Å². The van der Waals surface area contributed by atoms with Crippen molar-refractivity contribution in [3.8, 4) is 10.4 Å². The maximum atomic E-state index is 13.0. The molecule has 3 heterocycles. The number of carbonyl (C=O) groups excluding carboxylic acids is 1. The van der Waals surface area contributed by atoms with Crippen LogP contribution in [-0.2, 0) is 6.42 Å². The van der Waals surface area contributed by atoms with Crippen LogP contribution in [0.1, 0.15) is 66.8 Å². The van der Waals surface area contributed by atoms with E-state index in [1.807, 2.05) is 4.90 Å². The number of aryl methyl sites for hydroxylation is 1. The number of thiophene rings is 1. The van der Waals surface area contributed by atoms with Crippen molar-refractivity contribution in [3.63, 3.8) is 0 Å². The molecule has 2 aliphatic heterocycles. The molecule has 4 rings (SSSR count). The lowest BCUT2D eigenvalue weighted by Gasteiger charge is -2.34. The molecule has 0 saturated carbocycles. The van der Waals surface area contributed by atoms with Gasteiger partial charge in [0.2, 0.25) is 0 Å². The van der Waals surface area contributed by atoms with E-state index < -0.39 is 0 Å². The van der Waals surface area contributed by atoms with Crippen LogP contribution in [0.2, 0.25) is 0 Å². The molecule has 5 heteroatoms. The minimum absolute atomic E-state index is 0.124. The molecule has 0 spiro atoms. The normalized spacial score (nSPS) is 21.0. The van der Waals surface area contributed by atoms with Gasteiger partial charge in [0.25, 0.3) is 5.91 Å². The minimum Gasteiger partial charge on any atom is -0.336 e. The van der Waals surface area contributed by atoms with Gasteiger partial charge in [-0.3, -0.25) is 4.79 Å². The molecule has 2 fully saturated rings. The Morgan fingerprint density at radius 2 is 1.83 bits per heavy atom. The second kappa shape index (κ2) is 9.21. The van der Waals surface area contributed by atoms with E-state index in [0.29, 0.717) is 18.5 Å². The van der Waals surface area contributed by atoms with Crippen LogP contribution in [0.15, 0.2) is 30.3 Å². The van der Waals surface area contributed by atoms with Gasteiger partial charge in [0.05, 0.1) is 4.88 Å². The molecule has 1 amide bonds. The largest absolute Gasteiger partial charge is 0.336 e. The van der Waals surface area contributed by atoms with Crippen LogP contribution in [0.3, 0.4) is 0 Å². The Morgan fingerprint density at radius 3 is 2.40 bits per heavy atom. The molecule has 2 N–H and O–H groups in total. The van der Waals surface area contributed by atoms with E-state index in [9.17, 15) is 4.79 Å². The SMILES string of the molecule is CCc1cc(-c2ccc(C3CCN(C(C)C)CC3)cc2)sc1C(=O)N1CC[C@H](N)C1. The van der Waals surface area contributed by atoms with Gasteiger partial charge in [0.15, 0.2) is 0 Å². The molecular weight excluding hydrogens is 390 g/mol. The summed E-state index contributed by atoms with van der Waals surface area (Å²) in [7, 11) is 0. The molecule has 1 aromatic heterocycles. The predicted molar refractivity (Wildman–Crippen MR) is 126 cm³/mol. The van der Waals surface area contributed by atoms with Crippen LogP contribution in [0, 0.1) is 0 Å². The second-order valence-electron chi connectivity index (χ2n) is 9.14. The second-order valence-corrected chi connectivity index (χ2v) is 10.2. The number of hydrogen-bond acceptors (Lipinski definition) is 4. The van der Waals surface area contributed by atoms with Gasteiger partial charge < -0.3 is 15.5 Å². The number of nitrogens with zero attached hydrogens (tertiary/aromatic N) is 2. The first-order chi connectivity index (χ1) is 14.5. The molecule has 30 heavy (non-hydrogen) atoms. The van der Waals surface area contributed by atoms with Gasteiger partial charge in [-0.05, 0) is 81.3 Å². The number of nitrogens with two attached hydrogens (primary N) is 1. The number of hydrogen-bond donors (Lipinski definition) is 1. The summed E-state index contributed by atoms with van der Waals surface area (Å²) in [5.41, 5.74) is 9.84. The number of piperidine rings is 1. The topological polar surface area (TPSA) is 49.6 Å². The van der Waals surface area contributed by atoms with Gasteiger partial charge in [-0.25, -0.2) is 0 Å². The van der Waals surface area contributed by atoms with Crippen LogP contribution >= 0.6 is 11.3 Å². The summed E-state index contributed by atoms with van der Waals surface area (Å²) in [5.74, 6) is 0.824. The molecule has 162 valence electrons. The summed E-state index contributed by atoms with van der Waals surface area (Å²) in [6, 6.07) is 12.1. The van der Waals surface area contributed by atoms with E-state index in [2.05, 4.69) is 56.0 Å². The fourth-order valence-corrected chi connectivity index (χ4v) is 6.02. The molecule has 0 aliphatic carbocycles. The summed E-state index contributed by atoms with van der Waals surface area (Å²) in [5, 5.41) is 0. The van der Waals surface area contributed by atoms with Crippen LogP contribution in [0.4, 0.5) is 0 Å². The van der Waals surface area contributed by atoms with Crippen LogP contribution < -0.4 is 5.73 Å². The van der Waals surface area contributed by atoms with Gasteiger partial charge in [0, 0.05) is 30.1 Å². The first-order valence-electron chi connectivity index (χ1n) is 11.5. The highest BCUT2D eigenvalue weighted by Crippen LogP contribution is 2.35. The van der Waals surface area contributed by atoms with Crippen LogP contribution in [-0.4, -0.2) is 54.0 Å². The van der Waals surface area contributed by atoms with Crippen molar-refractivity contribution in [2.75, 3.05) is 26.2 Å². The van der Waals surface area contributed by atoms with Crippen LogP contribution in [0.5, 0.6) is 0 Å². The van der Waals surface area contributed by atoms with Gasteiger partial charge in [-0.15, -0.1) is 11.3 Å². The maximum Gasteiger partial charge on any atom is 0.264 e. The average molecular weight is 426 g/mol. The van der Waals surface area contributed by atoms with E-state index in [0.717, 1.165) is 29.8 Å². The number of carbonyl (C=O) groups is 1. The molecule has 0 bridgehead atoms. The smallest absolute Gasteiger partial charge is 0.264 e. The number of rotatable bonds is 5. The zero-order valence-corrected chi connectivity index (χ0v) is 19.4. The lowest BCUT2D eigenvalue weighted by atomic mass is 9.88. The molecule has 2 saturated heterocycles. The van der Waals surface area contributed by atoms with Gasteiger partial charge in [-0.2, -0.15) is 0 Å². The fraction of sp³-hybridized carbons (Fsp3) is 0.560. The Balaban J connectivity index is 1.48. The van der Waals surface area contributed by atoms with Gasteiger partial charge in [0.1, 0.15) is 0 Å². The highest BCUT2D eigenvalue weighted by atomic mass is 32.1. The highest BCUT2D eigenvalue weighted by Gasteiger charge is 2.27. The zero-order chi connectivity index (χ0) is 21.3. The van der Waals surface area contributed by atoms with Crippen molar-refractivity contribution in [2.24, 2.45) is 5.73 Å². The Labute approximate surface area is 185 Å². The molecule has 0 radical (unpaired) electrons. The summed E-state index contributed by atoms with van der Waals surface area (Å²) in [4.78, 5) is 19.6. The maximum absolute atomic E-state index is 13.0. The third kappa shape index (κ3) is 4.48. The van der Waals surface area contributed by atoms with E-state index >= 15 is 0 Å². The third-order valence-corrected chi connectivity index (χ3v) is 8.04. The number of likely N-dealkylation sites (tertiary alicyclic amines) is 2. The molecular formula is C25H35N3OS. The van der Waals surface area contributed by atoms with E-state index in [1.54, 1.807) is 11.3 Å². The lowest BCUT2D eigenvalue weighted by Crippen LogP contribution is -2.37. The number of amides is 1.